The van der Waals surface area contributed by atoms with Crippen molar-refractivity contribution >= 4 is 42.0 Å². The van der Waals surface area contributed by atoms with Gasteiger partial charge in [0.05, 0.1) is 6.61 Å². The molecule has 0 aliphatic heterocycles. The fourth-order valence-electron chi connectivity index (χ4n) is 2.37. The average Bonchev–Trinajstić information content (AvgIpc) is 2.82. The summed E-state index contributed by atoms with van der Waals surface area (Å²) in [6, 6.07) is -0.0131. The molecule has 0 aliphatic rings. The van der Waals surface area contributed by atoms with Crippen molar-refractivity contribution in [3.8, 4) is 0 Å². The quantitative estimate of drug-likeness (QED) is 0.166. The zero-order valence-electron chi connectivity index (χ0n) is 19.9. The minimum atomic E-state index is -4.13. The zero-order chi connectivity index (χ0) is 24.9. The highest BCUT2D eigenvalue weighted by Crippen LogP contribution is 2.31. The van der Waals surface area contributed by atoms with Gasteiger partial charge in [-0.1, -0.05) is 0 Å². The number of hydrogen-bond acceptors (Lipinski definition) is 14. The van der Waals surface area contributed by atoms with Crippen molar-refractivity contribution in [2.24, 2.45) is 5.73 Å². The van der Waals surface area contributed by atoms with E-state index in [-0.39, 0.29) is 19.1 Å². The fraction of sp³-hybridized carbons (Fsp3) is 0.923. The average molecular weight is 542 g/mol. The molecule has 0 bridgehead atoms. The molecular formula is C13H35NO14Si4. The summed E-state index contributed by atoms with van der Waals surface area (Å²) in [7, 11) is -3.63. The molecule has 19 heteroatoms. The van der Waals surface area contributed by atoms with Gasteiger partial charge >= 0.3 is 42.0 Å². The van der Waals surface area contributed by atoms with Gasteiger partial charge in [0.1, 0.15) is 0 Å². The van der Waals surface area contributed by atoms with Crippen molar-refractivity contribution in [2.45, 2.75) is 12.5 Å². The molecule has 0 saturated heterocycles. The lowest BCUT2D eigenvalue weighted by molar-refractivity contribution is -0.0264. The third kappa shape index (κ3) is 8.78. The van der Waals surface area contributed by atoms with Gasteiger partial charge in [-0.2, -0.15) is 0 Å². The number of hydrogen-bond donors (Lipinski definition) is 1. The van der Waals surface area contributed by atoms with Crippen LogP contribution < -0.4 is 5.73 Å². The normalized spacial score (nSPS) is 13.4. The van der Waals surface area contributed by atoms with Gasteiger partial charge in [0.15, 0.2) is 0 Å². The summed E-state index contributed by atoms with van der Waals surface area (Å²) in [5.74, 6) is 0. The van der Waals surface area contributed by atoms with Crippen LogP contribution in [0.3, 0.4) is 0 Å². The molecule has 0 fully saturated rings. The van der Waals surface area contributed by atoms with Crippen LogP contribution in [-0.2, 0) is 56.9 Å². The molecule has 32 heavy (non-hydrogen) atoms. The van der Waals surface area contributed by atoms with Gasteiger partial charge in [0, 0.05) is 70.0 Å². The molecule has 1 amide bonds. The topological polar surface area (TPSA) is 163 Å². The Bertz CT molecular complexity index is 455. The van der Waals surface area contributed by atoms with E-state index in [1.807, 2.05) is 0 Å². The Morgan fingerprint density at radius 3 is 1.09 bits per heavy atom. The Hall–Kier alpha value is -0.342. The van der Waals surface area contributed by atoms with Gasteiger partial charge in [-0.05, 0) is 6.42 Å². The lowest BCUT2D eigenvalue weighted by Gasteiger charge is -2.41. The summed E-state index contributed by atoms with van der Waals surface area (Å²) in [4.78, 5) is 11.0. The predicted octanol–water partition coefficient (Wildman–Crippen LogP) is -0.415. The van der Waals surface area contributed by atoms with Crippen LogP contribution in [0.4, 0.5) is 4.79 Å². The van der Waals surface area contributed by atoms with E-state index in [1.54, 1.807) is 0 Å². The Morgan fingerprint density at radius 1 is 0.594 bits per heavy atom. The van der Waals surface area contributed by atoms with Crippen LogP contribution in [0.5, 0.6) is 0 Å². The second-order valence-corrected chi connectivity index (χ2v) is 16.6. The highest BCUT2D eigenvalue weighted by Gasteiger charge is 2.65. The van der Waals surface area contributed by atoms with Crippen LogP contribution >= 0.6 is 0 Å². The molecule has 0 saturated carbocycles. The number of amides is 1. The van der Waals surface area contributed by atoms with E-state index in [0.717, 1.165) is 0 Å². The first-order valence-electron chi connectivity index (χ1n) is 9.08. The predicted molar refractivity (Wildman–Crippen MR) is 114 cm³/mol. The van der Waals surface area contributed by atoms with E-state index in [1.165, 1.54) is 64.0 Å². The first-order chi connectivity index (χ1) is 15.1. The van der Waals surface area contributed by atoms with Gasteiger partial charge in [-0.25, -0.2) is 4.79 Å². The summed E-state index contributed by atoms with van der Waals surface area (Å²) in [5, 5.41) is 0. The van der Waals surface area contributed by atoms with Crippen LogP contribution in [0.25, 0.3) is 0 Å². The molecule has 0 aromatic carbocycles. The van der Waals surface area contributed by atoms with E-state index < -0.39 is 42.0 Å². The molecule has 0 atom stereocenters. The minimum absolute atomic E-state index is 0.0131. The fourth-order valence-corrected chi connectivity index (χ4v) is 14.9. The number of primary amides is 1. The molecule has 0 spiro atoms. The largest absolute Gasteiger partial charge is 0.671 e. The molecule has 0 aromatic heterocycles. The Kier molecular flexibility index (Phi) is 14.7. The summed E-state index contributed by atoms with van der Waals surface area (Å²) in [6.07, 6.45) is -0.779. The number of ether oxygens (including phenoxy) is 1. The maximum absolute atomic E-state index is 11.0. The van der Waals surface area contributed by atoms with Crippen molar-refractivity contribution in [1.82, 2.24) is 0 Å². The van der Waals surface area contributed by atoms with Gasteiger partial charge in [-0.15, -0.1) is 0 Å². The first-order valence-corrected chi connectivity index (χ1v) is 15.9. The summed E-state index contributed by atoms with van der Waals surface area (Å²) in [6.45, 7) is -0.0787. The highest BCUT2D eigenvalue weighted by molar-refractivity contribution is 6.82. The second-order valence-electron chi connectivity index (χ2n) is 5.60. The van der Waals surface area contributed by atoms with Crippen LogP contribution in [-0.4, -0.2) is 113 Å². The highest BCUT2D eigenvalue weighted by atomic mass is 28.5. The van der Waals surface area contributed by atoms with Crippen LogP contribution in [0.15, 0.2) is 0 Å². The molecule has 2 N–H and O–H groups in total. The van der Waals surface area contributed by atoms with E-state index >= 15 is 0 Å². The maximum atomic E-state index is 11.0. The van der Waals surface area contributed by atoms with Crippen LogP contribution in [0.2, 0.25) is 6.04 Å². The monoisotopic (exact) mass is 541 g/mol. The van der Waals surface area contributed by atoms with Crippen LogP contribution in [0.1, 0.15) is 6.42 Å². The number of nitrogens with two attached hydrogens (primary N) is 1. The molecule has 0 aliphatic carbocycles. The molecular weight excluding hydrogens is 506 g/mol. The minimum Gasteiger partial charge on any atom is -0.450 e. The standard InChI is InChI=1S/C13H35NO14Si4/c1-16-30(17-2,18-3)26-29(12-10-11-25-13(14)15,27-31(19-4,20-5)21-6)28-32(22-7,23-8)24-9/h10-12H2,1-9H3,(H2,14,15). The Labute approximate surface area is 192 Å². The van der Waals surface area contributed by atoms with Gasteiger partial charge in [-0.3, -0.25) is 0 Å². The van der Waals surface area contributed by atoms with Crippen molar-refractivity contribution in [1.29, 1.82) is 0 Å². The third-order valence-electron chi connectivity index (χ3n) is 3.96. The van der Waals surface area contributed by atoms with Gasteiger partial charge in [0.25, 0.3) is 0 Å². The van der Waals surface area contributed by atoms with E-state index in [4.69, 9.17) is 62.7 Å². The SMILES string of the molecule is CO[Si](OC)(OC)O[Si](CCCOC(N)=O)(O[Si](OC)(OC)OC)O[Si](OC)(OC)OC. The number of carbonyl (C=O) groups is 1. The Morgan fingerprint density at radius 2 is 0.875 bits per heavy atom. The number of carbonyl (C=O) groups excluding carboxylic acids is 1. The molecule has 0 heterocycles. The van der Waals surface area contributed by atoms with Crippen molar-refractivity contribution < 1.29 is 61.7 Å². The molecule has 0 rings (SSSR count). The van der Waals surface area contributed by atoms with Gasteiger partial charge in [0.2, 0.25) is 0 Å². The molecule has 0 unspecified atom stereocenters. The van der Waals surface area contributed by atoms with Crippen molar-refractivity contribution in [3.05, 3.63) is 0 Å². The van der Waals surface area contributed by atoms with E-state index in [2.05, 4.69) is 0 Å². The van der Waals surface area contributed by atoms with Crippen molar-refractivity contribution in [2.75, 3.05) is 70.6 Å². The smallest absolute Gasteiger partial charge is 0.450 e. The second kappa shape index (κ2) is 14.8. The molecule has 15 nitrogen and oxygen atoms in total. The van der Waals surface area contributed by atoms with E-state index in [0.29, 0.717) is 0 Å². The summed E-state index contributed by atoms with van der Waals surface area (Å²) in [5.41, 5.74) is 5.04. The van der Waals surface area contributed by atoms with E-state index in [9.17, 15) is 4.79 Å². The third-order valence-corrected chi connectivity index (χ3v) is 16.2. The first kappa shape index (κ1) is 31.7. The Balaban J connectivity index is 6.51. The zero-order valence-corrected chi connectivity index (χ0v) is 23.9. The number of rotatable bonds is 19. The van der Waals surface area contributed by atoms with Gasteiger partial charge < -0.3 is 62.7 Å². The maximum Gasteiger partial charge on any atom is 0.671 e. The molecule has 192 valence electrons. The van der Waals surface area contributed by atoms with Crippen molar-refractivity contribution in [3.63, 3.8) is 0 Å². The lowest BCUT2D eigenvalue weighted by atomic mass is 10.5. The molecule has 0 radical (unpaired) electrons. The summed E-state index contributed by atoms with van der Waals surface area (Å²) < 4.78 is 71.9. The lowest BCUT2D eigenvalue weighted by Crippen LogP contribution is -2.69. The molecule has 0 aromatic rings. The van der Waals surface area contributed by atoms with Crippen LogP contribution in [0, 0.1) is 0 Å². The summed E-state index contributed by atoms with van der Waals surface area (Å²) >= 11 is 0.